The van der Waals surface area contributed by atoms with E-state index < -0.39 is 12.0 Å². The molecule has 0 bridgehead atoms. The van der Waals surface area contributed by atoms with Crippen molar-refractivity contribution in [2.24, 2.45) is 5.92 Å². The molecule has 0 fully saturated rings. The SMILES string of the molecule is Cc1c(C)c(C)c(C(=O)N[C@H](C(=O)O)C(C)C)c(C)c1C. The molecule has 0 unspecified atom stereocenters. The standard InChI is InChI=1S/C17H25NO3/c1-8(2)15(17(20)21)18-16(19)14-12(6)10(4)9(3)11(5)13(14)7/h8,15H,1-7H3,(H,18,19)(H,20,21)/t15-/m0/s1. The van der Waals surface area contributed by atoms with Gasteiger partial charge < -0.3 is 10.4 Å². The first kappa shape index (κ1) is 17.2. The lowest BCUT2D eigenvalue weighted by Crippen LogP contribution is -2.44. The summed E-state index contributed by atoms with van der Waals surface area (Å²) in [7, 11) is 0. The van der Waals surface area contributed by atoms with Crippen LogP contribution in [0, 0.1) is 40.5 Å². The molecule has 0 aliphatic rings. The maximum Gasteiger partial charge on any atom is 0.326 e. The highest BCUT2D eigenvalue weighted by Crippen LogP contribution is 2.26. The van der Waals surface area contributed by atoms with Gasteiger partial charge in [0.1, 0.15) is 6.04 Å². The molecule has 1 rings (SSSR count). The number of hydrogen-bond donors (Lipinski definition) is 2. The zero-order chi connectivity index (χ0) is 16.5. The summed E-state index contributed by atoms with van der Waals surface area (Å²) in [5.41, 5.74) is 5.78. The molecule has 4 nitrogen and oxygen atoms in total. The number of aliphatic carboxylic acids is 1. The number of carbonyl (C=O) groups is 2. The monoisotopic (exact) mass is 291 g/mol. The molecule has 0 saturated carbocycles. The number of carbonyl (C=O) groups excluding carboxylic acids is 1. The number of carboxylic acid groups (broad SMARTS) is 1. The average molecular weight is 291 g/mol. The summed E-state index contributed by atoms with van der Waals surface area (Å²) in [5.74, 6) is -1.48. The third kappa shape index (κ3) is 3.26. The predicted octanol–water partition coefficient (Wildman–Crippen LogP) is 3.07. The minimum absolute atomic E-state index is 0.167. The Morgan fingerprint density at radius 1 is 0.857 bits per heavy atom. The van der Waals surface area contributed by atoms with Gasteiger partial charge in [0.15, 0.2) is 0 Å². The fourth-order valence-corrected chi connectivity index (χ4v) is 2.57. The Morgan fingerprint density at radius 3 is 1.57 bits per heavy atom. The molecule has 0 spiro atoms. The van der Waals surface area contributed by atoms with E-state index in [0.29, 0.717) is 5.56 Å². The van der Waals surface area contributed by atoms with Crippen molar-refractivity contribution < 1.29 is 14.7 Å². The van der Waals surface area contributed by atoms with Crippen molar-refractivity contribution in [3.63, 3.8) is 0 Å². The smallest absolute Gasteiger partial charge is 0.326 e. The fraction of sp³-hybridized carbons (Fsp3) is 0.529. The molecule has 21 heavy (non-hydrogen) atoms. The lowest BCUT2D eigenvalue weighted by Gasteiger charge is -2.22. The topological polar surface area (TPSA) is 66.4 Å². The normalized spacial score (nSPS) is 12.4. The molecule has 116 valence electrons. The van der Waals surface area contributed by atoms with Crippen LogP contribution in [0.4, 0.5) is 0 Å². The van der Waals surface area contributed by atoms with Gasteiger partial charge in [0.2, 0.25) is 0 Å². The highest BCUT2D eigenvalue weighted by Gasteiger charge is 2.26. The van der Waals surface area contributed by atoms with Crippen LogP contribution in [-0.4, -0.2) is 23.0 Å². The second-order valence-electron chi connectivity index (χ2n) is 6.03. The first-order valence-corrected chi connectivity index (χ1v) is 7.20. The van der Waals surface area contributed by atoms with Gasteiger partial charge in [0.25, 0.3) is 5.91 Å². The van der Waals surface area contributed by atoms with Crippen LogP contribution in [0.25, 0.3) is 0 Å². The summed E-state index contributed by atoms with van der Waals surface area (Å²) >= 11 is 0. The van der Waals surface area contributed by atoms with E-state index in [2.05, 4.69) is 5.32 Å². The van der Waals surface area contributed by atoms with E-state index in [0.717, 1.165) is 22.3 Å². The summed E-state index contributed by atoms with van der Waals surface area (Å²) < 4.78 is 0. The Bertz CT molecular complexity index is 559. The molecule has 0 aliphatic heterocycles. The zero-order valence-corrected chi connectivity index (χ0v) is 13.9. The van der Waals surface area contributed by atoms with Crippen LogP contribution < -0.4 is 5.32 Å². The van der Waals surface area contributed by atoms with Gasteiger partial charge >= 0.3 is 5.97 Å². The van der Waals surface area contributed by atoms with E-state index in [9.17, 15) is 14.7 Å². The van der Waals surface area contributed by atoms with Gasteiger partial charge in [-0.2, -0.15) is 0 Å². The number of hydrogen-bond acceptors (Lipinski definition) is 2. The number of rotatable bonds is 4. The molecular formula is C17H25NO3. The minimum atomic E-state index is -1.01. The molecule has 1 aromatic carbocycles. The molecule has 0 saturated heterocycles. The van der Waals surface area contributed by atoms with E-state index in [4.69, 9.17) is 0 Å². The Kier molecular flexibility index (Phi) is 5.15. The molecule has 4 heteroatoms. The summed E-state index contributed by atoms with van der Waals surface area (Å²) in [4.78, 5) is 23.8. The average Bonchev–Trinajstić information content (AvgIpc) is 2.39. The summed E-state index contributed by atoms with van der Waals surface area (Å²) in [6.45, 7) is 13.4. The second-order valence-corrected chi connectivity index (χ2v) is 6.03. The Morgan fingerprint density at radius 2 is 1.24 bits per heavy atom. The minimum Gasteiger partial charge on any atom is -0.480 e. The lowest BCUT2D eigenvalue weighted by atomic mass is 9.89. The zero-order valence-electron chi connectivity index (χ0n) is 13.9. The largest absolute Gasteiger partial charge is 0.480 e. The molecule has 1 aromatic rings. The van der Waals surface area contributed by atoms with Gasteiger partial charge in [-0.3, -0.25) is 4.79 Å². The van der Waals surface area contributed by atoms with Crippen molar-refractivity contribution in [3.8, 4) is 0 Å². The third-order valence-corrected chi connectivity index (χ3v) is 4.45. The van der Waals surface area contributed by atoms with Crippen molar-refractivity contribution in [2.75, 3.05) is 0 Å². The first-order valence-electron chi connectivity index (χ1n) is 7.20. The molecular weight excluding hydrogens is 266 g/mol. The van der Waals surface area contributed by atoms with Crippen molar-refractivity contribution in [3.05, 3.63) is 33.4 Å². The number of amides is 1. The van der Waals surface area contributed by atoms with Crippen LogP contribution in [0.15, 0.2) is 0 Å². The molecule has 0 heterocycles. The summed E-state index contributed by atoms with van der Waals surface area (Å²) in [6, 6.07) is -0.877. The van der Waals surface area contributed by atoms with Crippen molar-refractivity contribution >= 4 is 11.9 Å². The quantitative estimate of drug-likeness (QED) is 0.896. The Labute approximate surface area is 126 Å². The van der Waals surface area contributed by atoms with Crippen molar-refractivity contribution in [1.29, 1.82) is 0 Å². The summed E-state index contributed by atoms with van der Waals surface area (Å²) in [6.07, 6.45) is 0. The van der Waals surface area contributed by atoms with Crippen LogP contribution in [0.1, 0.15) is 52.0 Å². The highest BCUT2D eigenvalue weighted by atomic mass is 16.4. The number of carboxylic acids is 1. The molecule has 0 radical (unpaired) electrons. The maximum atomic E-state index is 12.5. The van der Waals surface area contributed by atoms with Crippen LogP contribution in [0.3, 0.4) is 0 Å². The molecule has 0 aliphatic carbocycles. The third-order valence-electron chi connectivity index (χ3n) is 4.45. The second kappa shape index (κ2) is 6.29. The van der Waals surface area contributed by atoms with E-state index in [1.54, 1.807) is 13.8 Å². The molecule has 2 N–H and O–H groups in total. The predicted molar refractivity (Wildman–Crippen MR) is 83.9 cm³/mol. The van der Waals surface area contributed by atoms with Gasteiger partial charge in [-0.15, -0.1) is 0 Å². The Hall–Kier alpha value is -1.84. The van der Waals surface area contributed by atoms with Gasteiger partial charge in [0, 0.05) is 5.56 Å². The molecule has 1 amide bonds. The van der Waals surface area contributed by atoms with E-state index in [-0.39, 0.29) is 11.8 Å². The van der Waals surface area contributed by atoms with Crippen molar-refractivity contribution in [2.45, 2.75) is 54.5 Å². The van der Waals surface area contributed by atoms with E-state index in [1.807, 2.05) is 34.6 Å². The van der Waals surface area contributed by atoms with E-state index in [1.165, 1.54) is 5.56 Å². The van der Waals surface area contributed by atoms with Gasteiger partial charge in [-0.25, -0.2) is 4.79 Å². The van der Waals surface area contributed by atoms with Crippen LogP contribution in [0.5, 0.6) is 0 Å². The Balaban J connectivity index is 3.29. The highest BCUT2D eigenvalue weighted by molar-refractivity contribution is 5.99. The maximum absolute atomic E-state index is 12.5. The van der Waals surface area contributed by atoms with Gasteiger partial charge in [-0.05, 0) is 68.4 Å². The number of benzene rings is 1. The van der Waals surface area contributed by atoms with Gasteiger partial charge in [0.05, 0.1) is 0 Å². The van der Waals surface area contributed by atoms with Crippen molar-refractivity contribution in [1.82, 2.24) is 5.32 Å². The number of nitrogens with one attached hydrogen (secondary N) is 1. The molecule has 0 aromatic heterocycles. The van der Waals surface area contributed by atoms with Crippen LogP contribution >= 0.6 is 0 Å². The van der Waals surface area contributed by atoms with E-state index >= 15 is 0 Å². The fourth-order valence-electron chi connectivity index (χ4n) is 2.57. The lowest BCUT2D eigenvalue weighted by molar-refractivity contribution is -0.140. The molecule has 1 atom stereocenters. The summed E-state index contributed by atoms with van der Waals surface area (Å²) in [5, 5.41) is 11.9. The van der Waals surface area contributed by atoms with Crippen LogP contribution in [0.2, 0.25) is 0 Å². The van der Waals surface area contributed by atoms with Gasteiger partial charge in [-0.1, -0.05) is 13.8 Å². The first-order chi connectivity index (χ1) is 9.59. The van der Waals surface area contributed by atoms with Crippen LogP contribution in [-0.2, 0) is 4.79 Å².